The quantitative estimate of drug-likeness (QED) is 0.353. The molecule has 1 aliphatic heterocycles. The standard InChI is InChI=1S/C21H18N2O4S/c1-3-11-27-17-10-9-14(13-18(17)26-2)12-16-19(24)22-21(28)23(20(16)25)15-7-5-4-6-8-15/h3-10,12-13H,1,11H2,2H3,(H,22,24,28)/b16-12-. The predicted molar refractivity (Wildman–Crippen MR) is 111 cm³/mol. The number of hydrogen-bond donors (Lipinski definition) is 1. The van der Waals surface area contributed by atoms with Gasteiger partial charge in [-0.3, -0.25) is 19.8 Å². The Hall–Kier alpha value is -3.45. The Morgan fingerprint density at radius 2 is 1.89 bits per heavy atom. The molecule has 28 heavy (non-hydrogen) atoms. The van der Waals surface area contributed by atoms with Gasteiger partial charge in [-0.25, -0.2) is 0 Å². The number of nitrogens with one attached hydrogen (secondary N) is 1. The summed E-state index contributed by atoms with van der Waals surface area (Å²) in [5.74, 6) is -0.0228. The summed E-state index contributed by atoms with van der Waals surface area (Å²) in [5, 5.41) is 2.60. The lowest BCUT2D eigenvalue weighted by atomic mass is 10.1. The highest BCUT2D eigenvalue weighted by atomic mass is 32.1. The third kappa shape index (κ3) is 3.94. The van der Waals surface area contributed by atoms with E-state index in [1.807, 2.05) is 6.07 Å². The third-order valence-electron chi connectivity index (χ3n) is 3.97. The van der Waals surface area contributed by atoms with Crippen molar-refractivity contribution in [1.29, 1.82) is 0 Å². The van der Waals surface area contributed by atoms with Crippen molar-refractivity contribution in [3.63, 3.8) is 0 Å². The SMILES string of the molecule is C=CCOc1ccc(/C=C2/C(=O)NC(=S)N(c3ccccc3)C2=O)cc1OC. The van der Waals surface area contributed by atoms with Crippen LogP contribution in [0, 0.1) is 0 Å². The molecule has 3 rings (SSSR count). The van der Waals surface area contributed by atoms with E-state index in [0.29, 0.717) is 29.4 Å². The minimum atomic E-state index is -0.548. The van der Waals surface area contributed by atoms with Crippen LogP contribution in [0.25, 0.3) is 6.08 Å². The summed E-state index contributed by atoms with van der Waals surface area (Å²) < 4.78 is 10.8. The van der Waals surface area contributed by atoms with E-state index in [4.69, 9.17) is 21.7 Å². The van der Waals surface area contributed by atoms with Gasteiger partial charge in [-0.2, -0.15) is 0 Å². The van der Waals surface area contributed by atoms with Crippen LogP contribution >= 0.6 is 12.2 Å². The Balaban J connectivity index is 1.96. The smallest absolute Gasteiger partial charge is 0.270 e. The fourth-order valence-electron chi connectivity index (χ4n) is 2.68. The van der Waals surface area contributed by atoms with Crippen LogP contribution in [0.2, 0.25) is 0 Å². The van der Waals surface area contributed by atoms with E-state index in [9.17, 15) is 9.59 Å². The molecule has 0 aliphatic carbocycles. The topological polar surface area (TPSA) is 67.9 Å². The van der Waals surface area contributed by atoms with E-state index in [-0.39, 0.29) is 10.7 Å². The molecule has 0 bridgehead atoms. The number of carbonyl (C=O) groups is 2. The van der Waals surface area contributed by atoms with Gasteiger partial charge in [-0.15, -0.1) is 0 Å². The fraction of sp³-hybridized carbons (Fsp3) is 0.0952. The maximum absolute atomic E-state index is 13.0. The van der Waals surface area contributed by atoms with Crippen LogP contribution in [0.1, 0.15) is 5.56 Å². The highest BCUT2D eigenvalue weighted by Gasteiger charge is 2.34. The Morgan fingerprint density at radius 1 is 1.14 bits per heavy atom. The number of para-hydroxylation sites is 1. The van der Waals surface area contributed by atoms with Gasteiger partial charge in [0.25, 0.3) is 11.8 Å². The molecule has 1 fully saturated rings. The average Bonchev–Trinajstić information content (AvgIpc) is 2.70. The summed E-state index contributed by atoms with van der Waals surface area (Å²) in [4.78, 5) is 26.6. The van der Waals surface area contributed by atoms with Gasteiger partial charge in [0.05, 0.1) is 12.8 Å². The second kappa shape index (κ2) is 8.49. The normalized spacial score (nSPS) is 15.4. The number of amides is 2. The van der Waals surface area contributed by atoms with Crippen molar-refractivity contribution in [3.8, 4) is 11.5 Å². The first-order valence-electron chi connectivity index (χ1n) is 8.43. The lowest BCUT2D eigenvalue weighted by Crippen LogP contribution is -2.54. The summed E-state index contributed by atoms with van der Waals surface area (Å²) in [6, 6.07) is 14.0. The summed E-state index contributed by atoms with van der Waals surface area (Å²) in [6.07, 6.45) is 3.12. The molecule has 0 atom stereocenters. The highest BCUT2D eigenvalue weighted by molar-refractivity contribution is 7.80. The Bertz CT molecular complexity index is 970. The van der Waals surface area contributed by atoms with Crippen molar-refractivity contribution in [2.45, 2.75) is 0 Å². The van der Waals surface area contributed by atoms with Gasteiger partial charge in [0.15, 0.2) is 16.6 Å². The highest BCUT2D eigenvalue weighted by Crippen LogP contribution is 2.30. The van der Waals surface area contributed by atoms with E-state index in [1.165, 1.54) is 18.1 Å². The minimum absolute atomic E-state index is 0.0285. The van der Waals surface area contributed by atoms with E-state index < -0.39 is 11.8 Å². The molecule has 2 amide bonds. The molecule has 1 saturated heterocycles. The summed E-state index contributed by atoms with van der Waals surface area (Å²) in [6.45, 7) is 3.94. The number of hydrogen-bond acceptors (Lipinski definition) is 5. The number of methoxy groups -OCH3 is 1. The summed E-state index contributed by atoms with van der Waals surface area (Å²) in [5.41, 5.74) is 1.16. The van der Waals surface area contributed by atoms with Crippen molar-refractivity contribution in [3.05, 3.63) is 72.3 Å². The van der Waals surface area contributed by atoms with E-state index in [0.717, 1.165) is 0 Å². The van der Waals surface area contributed by atoms with E-state index in [2.05, 4.69) is 11.9 Å². The molecule has 2 aromatic rings. The maximum atomic E-state index is 13.0. The molecule has 0 radical (unpaired) electrons. The van der Waals surface area contributed by atoms with Crippen LogP contribution in [0.5, 0.6) is 11.5 Å². The molecule has 0 aromatic heterocycles. The van der Waals surface area contributed by atoms with Gasteiger partial charge < -0.3 is 9.47 Å². The lowest BCUT2D eigenvalue weighted by molar-refractivity contribution is -0.122. The van der Waals surface area contributed by atoms with Crippen molar-refractivity contribution >= 4 is 40.9 Å². The number of anilines is 1. The minimum Gasteiger partial charge on any atom is -0.493 e. The number of thiocarbonyl (C=S) groups is 1. The average molecular weight is 394 g/mol. The van der Waals surface area contributed by atoms with E-state index in [1.54, 1.807) is 48.5 Å². The molecule has 1 N–H and O–H groups in total. The van der Waals surface area contributed by atoms with Crippen molar-refractivity contribution in [1.82, 2.24) is 5.32 Å². The summed E-state index contributed by atoms with van der Waals surface area (Å²) in [7, 11) is 1.51. The molecule has 7 heteroatoms. The second-order valence-electron chi connectivity index (χ2n) is 5.80. The van der Waals surface area contributed by atoms with Crippen molar-refractivity contribution in [2.24, 2.45) is 0 Å². The van der Waals surface area contributed by atoms with Crippen molar-refractivity contribution < 1.29 is 19.1 Å². The van der Waals surface area contributed by atoms with Crippen LogP contribution in [0.3, 0.4) is 0 Å². The van der Waals surface area contributed by atoms with Gasteiger partial charge in [-0.05, 0) is 48.1 Å². The number of rotatable bonds is 6. The van der Waals surface area contributed by atoms with Gasteiger partial charge in [-0.1, -0.05) is 36.9 Å². The first kappa shape index (κ1) is 19.3. The fourth-order valence-corrected chi connectivity index (χ4v) is 2.96. The predicted octanol–water partition coefficient (Wildman–Crippen LogP) is 3.09. The molecule has 1 heterocycles. The zero-order chi connectivity index (χ0) is 20.1. The number of carbonyl (C=O) groups excluding carboxylic acids is 2. The largest absolute Gasteiger partial charge is 0.493 e. The molecule has 1 aliphatic rings. The zero-order valence-electron chi connectivity index (χ0n) is 15.2. The first-order valence-corrected chi connectivity index (χ1v) is 8.84. The van der Waals surface area contributed by atoms with Crippen LogP contribution in [0.15, 0.2) is 66.8 Å². The molecule has 142 valence electrons. The molecular weight excluding hydrogens is 376 g/mol. The van der Waals surface area contributed by atoms with Gasteiger partial charge in [0, 0.05) is 0 Å². The van der Waals surface area contributed by atoms with Gasteiger partial charge in [0.2, 0.25) is 0 Å². The number of ether oxygens (including phenoxy) is 2. The maximum Gasteiger partial charge on any atom is 0.270 e. The molecule has 0 unspecified atom stereocenters. The molecule has 0 saturated carbocycles. The van der Waals surface area contributed by atoms with Crippen molar-refractivity contribution in [2.75, 3.05) is 18.6 Å². The molecule has 0 spiro atoms. The van der Waals surface area contributed by atoms with Crippen LogP contribution < -0.4 is 19.7 Å². The third-order valence-corrected chi connectivity index (χ3v) is 4.26. The van der Waals surface area contributed by atoms with Gasteiger partial charge >= 0.3 is 0 Å². The van der Waals surface area contributed by atoms with Gasteiger partial charge in [0.1, 0.15) is 12.2 Å². The number of nitrogens with zero attached hydrogens (tertiary/aromatic N) is 1. The molecule has 2 aromatic carbocycles. The van der Waals surface area contributed by atoms with Crippen LogP contribution in [0.4, 0.5) is 5.69 Å². The molecular formula is C21H18N2O4S. The Labute approximate surface area is 168 Å². The van der Waals surface area contributed by atoms with Crippen LogP contribution in [-0.4, -0.2) is 30.6 Å². The number of benzene rings is 2. The van der Waals surface area contributed by atoms with E-state index >= 15 is 0 Å². The zero-order valence-corrected chi connectivity index (χ0v) is 16.0. The Morgan fingerprint density at radius 3 is 2.57 bits per heavy atom. The Kier molecular flexibility index (Phi) is 5.86. The summed E-state index contributed by atoms with van der Waals surface area (Å²) >= 11 is 5.18. The first-order chi connectivity index (χ1) is 13.5. The molecule has 6 nitrogen and oxygen atoms in total. The second-order valence-corrected chi connectivity index (χ2v) is 6.19. The monoisotopic (exact) mass is 394 g/mol. The lowest BCUT2D eigenvalue weighted by Gasteiger charge is -2.28. The van der Waals surface area contributed by atoms with Crippen LogP contribution in [-0.2, 0) is 9.59 Å².